The molecule has 2 aromatic carbocycles. The number of aromatic nitrogens is 4. The summed E-state index contributed by atoms with van der Waals surface area (Å²) in [6.07, 6.45) is 7.03. The third-order valence-corrected chi connectivity index (χ3v) is 9.42. The second-order valence-corrected chi connectivity index (χ2v) is 12.4. The highest BCUT2D eigenvalue weighted by atomic mass is 35.5. The summed E-state index contributed by atoms with van der Waals surface area (Å²) in [5.41, 5.74) is 5.39. The first kappa shape index (κ1) is 33.0. The van der Waals surface area contributed by atoms with Gasteiger partial charge in [0.25, 0.3) is 0 Å². The van der Waals surface area contributed by atoms with E-state index in [1.54, 1.807) is 33.7 Å². The number of rotatable bonds is 13. The molecule has 6 rings (SSSR count). The minimum Gasteiger partial charge on any atom is -0.480 e. The number of ether oxygens (including phenoxy) is 3. The van der Waals surface area contributed by atoms with Gasteiger partial charge in [0.2, 0.25) is 17.7 Å². The number of halogens is 2. The van der Waals surface area contributed by atoms with Gasteiger partial charge in [-0.2, -0.15) is 0 Å². The van der Waals surface area contributed by atoms with Crippen LogP contribution in [0.3, 0.4) is 0 Å². The van der Waals surface area contributed by atoms with Crippen molar-refractivity contribution in [1.82, 2.24) is 35.9 Å². The molecule has 13 heteroatoms. The van der Waals surface area contributed by atoms with Gasteiger partial charge in [0.1, 0.15) is 11.4 Å². The number of hydrogen-bond acceptors (Lipinski definition) is 10. The molecule has 1 aliphatic heterocycles. The van der Waals surface area contributed by atoms with Gasteiger partial charge < -0.3 is 30.2 Å². The maximum absolute atomic E-state index is 11.5. The van der Waals surface area contributed by atoms with Gasteiger partial charge in [0.15, 0.2) is 0 Å². The molecule has 0 radical (unpaired) electrons. The largest absolute Gasteiger partial charge is 0.480 e. The van der Waals surface area contributed by atoms with Crippen molar-refractivity contribution < 1.29 is 19.0 Å². The lowest BCUT2D eigenvalue weighted by Gasteiger charge is -2.34. The van der Waals surface area contributed by atoms with Crippen LogP contribution in [-0.4, -0.2) is 71.9 Å². The molecule has 2 aliphatic rings. The Morgan fingerprint density at radius 1 is 0.830 bits per heavy atom. The molecule has 0 spiro atoms. The average molecular weight is 679 g/mol. The minimum absolute atomic E-state index is 0.0857. The molecular weight excluding hydrogens is 641 g/mol. The molecule has 246 valence electrons. The maximum atomic E-state index is 11.5. The zero-order chi connectivity index (χ0) is 32.9. The topological polar surface area (TPSA) is 132 Å². The second kappa shape index (κ2) is 14.9. The molecule has 11 nitrogen and oxygen atoms in total. The van der Waals surface area contributed by atoms with E-state index in [0.717, 1.165) is 36.1 Å². The minimum atomic E-state index is 0.0857. The van der Waals surface area contributed by atoms with Gasteiger partial charge in [0, 0.05) is 67.5 Å². The molecule has 2 aromatic heterocycles. The van der Waals surface area contributed by atoms with Gasteiger partial charge in [-0.25, -0.2) is 9.97 Å². The van der Waals surface area contributed by atoms with Crippen LogP contribution in [0, 0.1) is 0 Å². The predicted molar refractivity (Wildman–Crippen MR) is 181 cm³/mol. The Morgan fingerprint density at radius 2 is 1.38 bits per heavy atom. The van der Waals surface area contributed by atoms with Gasteiger partial charge in [-0.3, -0.25) is 14.8 Å². The zero-order valence-electron chi connectivity index (χ0n) is 26.5. The fourth-order valence-corrected chi connectivity index (χ4v) is 6.51. The van der Waals surface area contributed by atoms with Crippen LogP contribution in [0.15, 0.2) is 48.8 Å². The highest BCUT2D eigenvalue weighted by molar-refractivity contribution is 6.39. The van der Waals surface area contributed by atoms with Crippen LogP contribution >= 0.6 is 23.2 Å². The van der Waals surface area contributed by atoms with Crippen molar-refractivity contribution in [1.29, 1.82) is 0 Å². The van der Waals surface area contributed by atoms with Crippen molar-refractivity contribution in [2.24, 2.45) is 0 Å². The van der Waals surface area contributed by atoms with E-state index >= 15 is 0 Å². The normalized spacial score (nSPS) is 18.9. The first-order valence-corrected chi connectivity index (χ1v) is 16.3. The number of carbonyl (C=O) groups excluding carboxylic acids is 1. The first-order valence-electron chi connectivity index (χ1n) is 15.5. The quantitative estimate of drug-likeness (QED) is 0.173. The van der Waals surface area contributed by atoms with Crippen LogP contribution < -0.4 is 25.4 Å². The number of methoxy groups -OCH3 is 3. The molecule has 2 fully saturated rings. The lowest BCUT2D eigenvalue weighted by molar-refractivity contribution is -0.119. The second-order valence-electron chi connectivity index (χ2n) is 11.6. The molecule has 1 amide bonds. The van der Waals surface area contributed by atoms with Crippen molar-refractivity contribution in [3.63, 3.8) is 0 Å². The van der Waals surface area contributed by atoms with Crippen LogP contribution in [0.5, 0.6) is 11.8 Å². The summed E-state index contributed by atoms with van der Waals surface area (Å²) in [5.74, 6) is 0.920. The number of nitrogens with one attached hydrogen (secondary N) is 3. The summed E-state index contributed by atoms with van der Waals surface area (Å²) >= 11 is 14.1. The summed E-state index contributed by atoms with van der Waals surface area (Å²) in [6, 6.07) is 11.9. The summed E-state index contributed by atoms with van der Waals surface area (Å²) in [7, 11) is 4.89. The number of nitrogens with zero attached hydrogens (tertiary/aromatic N) is 4. The van der Waals surface area contributed by atoms with Gasteiger partial charge in [-0.1, -0.05) is 59.6 Å². The Kier molecular flexibility index (Phi) is 10.5. The van der Waals surface area contributed by atoms with Gasteiger partial charge in [0.05, 0.1) is 54.2 Å². The van der Waals surface area contributed by atoms with Crippen molar-refractivity contribution in [2.45, 2.75) is 57.0 Å². The fourth-order valence-electron chi connectivity index (χ4n) is 5.86. The molecule has 1 aliphatic carbocycles. The van der Waals surface area contributed by atoms with Crippen molar-refractivity contribution in [3.8, 4) is 45.4 Å². The molecule has 4 aromatic rings. The molecular formula is C34H37Cl2N7O4. The van der Waals surface area contributed by atoms with E-state index in [0.29, 0.717) is 88.2 Å². The number of amides is 1. The highest BCUT2D eigenvalue weighted by Crippen LogP contribution is 2.42. The van der Waals surface area contributed by atoms with E-state index in [1.807, 2.05) is 36.4 Å². The van der Waals surface area contributed by atoms with Gasteiger partial charge in [-0.05, 0) is 19.3 Å². The lowest BCUT2D eigenvalue weighted by Crippen LogP contribution is -2.44. The smallest absolute Gasteiger partial charge is 0.237 e. The SMILES string of the molecule is COc1nc(-c2cccc(-c3cccc(-c4cnc(CN[C@H]5C[C@@H](OC)C5)c(OC)n4)c3Cl)c2Cl)cnc1CNC[C@@H]1CCC(=O)N1. The predicted octanol–water partition coefficient (Wildman–Crippen LogP) is 5.23. The Morgan fingerprint density at radius 3 is 1.89 bits per heavy atom. The number of benzene rings is 2. The van der Waals surface area contributed by atoms with Crippen LogP contribution in [-0.2, 0) is 22.6 Å². The highest BCUT2D eigenvalue weighted by Gasteiger charge is 2.29. The fraction of sp³-hybridized carbons (Fsp3) is 0.382. The molecule has 1 saturated carbocycles. The number of carbonyl (C=O) groups is 1. The maximum Gasteiger partial charge on any atom is 0.237 e. The van der Waals surface area contributed by atoms with Crippen LogP contribution in [0.25, 0.3) is 33.6 Å². The van der Waals surface area contributed by atoms with Crippen molar-refractivity contribution in [3.05, 3.63) is 70.2 Å². The first-order chi connectivity index (χ1) is 22.9. The zero-order valence-corrected chi connectivity index (χ0v) is 28.0. The van der Waals surface area contributed by atoms with E-state index in [1.165, 1.54) is 0 Å². The van der Waals surface area contributed by atoms with E-state index in [4.69, 9.17) is 47.4 Å². The number of hydrogen-bond donors (Lipinski definition) is 3. The Hall–Kier alpha value is -3.87. The Labute approximate surface area is 283 Å². The van der Waals surface area contributed by atoms with Crippen LogP contribution in [0.1, 0.15) is 37.1 Å². The third-order valence-electron chi connectivity index (χ3n) is 8.60. The summed E-state index contributed by atoms with van der Waals surface area (Å²) in [6.45, 7) is 1.63. The van der Waals surface area contributed by atoms with Gasteiger partial charge in [-0.15, -0.1) is 0 Å². The van der Waals surface area contributed by atoms with E-state index < -0.39 is 0 Å². The van der Waals surface area contributed by atoms with Crippen molar-refractivity contribution >= 4 is 29.1 Å². The lowest BCUT2D eigenvalue weighted by atomic mass is 9.89. The van der Waals surface area contributed by atoms with Crippen molar-refractivity contribution in [2.75, 3.05) is 27.9 Å². The van der Waals surface area contributed by atoms with Crippen LogP contribution in [0.4, 0.5) is 0 Å². The molecule has 47 heavy (non-hydrogen) atoms. The Balaban J connectivity index is 1.21. The van der Waals surface area contributed by atoms with Crippen LogP contribution in [0.2, 0.25) is 10.0 Å². The summed E-state index contributed by atoms with van der Waals surface area (Å²) in [4.78, 5) is 30.2. The summed E-state index contributed by atoms with van der Waals surface area (Å²) in [5, 5.41) is 10.7. The molecule has 1 atom stereocenters. The summed E-state index contributed by atoms with van der Waals surface area (Å²) < 4.78 is 16.6. The van der Waals surface area contributed by atoms with E-state index in [9.17, 15) is 4.79 Å². The molecule has 1 saturated heterocycles. The Bertz CT molecular complexity index is 1750. The standard InChI is InChI=1S/C34H37Cl2N7O4/c1-45-21-12-20(13-21)38-18-29-34(47-3)43-27(17-40-29)25-9-5-7-23(32(25)36)22-6-4-8-24(31(22)35)26-16-39-28(33(42-26)46-2)15-37-14-19-10-11-30(44)41-19/h4-9,16-17,19-21,37-38H,10-15,18H2,1-3H3,(H,41,44)/t19-,20-,21+/m0/s1. The van der Waals surface area contributed by atoms with E-state index in [2.05, 4.69) is 25.9 Å². The van der Waals surface area contributed by atoms with Gasteiger partial charge >= 0.3 is 0 Å². The third kappa shape index (κ3) is 7.34. The van der Waals surface area contributed by atoms with E-state index in [-0.39, 0.29) is 11.9 Å². The molecule has 0 bridgehead atoms. The molecule has 3 heterocycles. The molecule has 3 N–H and O–H groups in total. The average Bonchev–Trinajstić information content (AvgIpc) is 3.49. The monoisotopic (exact) mass is 677 g/mol. The molecule has 0 unspecified atom stereocenters.